The number of methoxy groups -OCH3 is 4. The Hall–Kier alpha value is -3.72. The van der Waals surface area contributed by atoms with E-state index in [-0.39, 0.29) is 24.0 Å². The Balaban J connectivity index is 2.26. The van der Waals surface area contributed by atoms with Crippen molar-refractivity contribution in [3.05, 3.63) is 52.1 Å². The van der Waals surface area contributed by atoms with E-state index in [0.29, 0.717) is 47.2 Å². The van der Waals surface area contributed by atoms with Crippen molar-refractivity contribution in [3.8, 4) is 23.0 Å². The van der Waals surface area contributed by atoms with Gasteiger partial charge in [-0.15, -0.1) is 0 Å². The molecule has 1 heterocycles. The number of benzene rings is 2. The first kappa shape index (κ1) is 28.8. The molecule has 2 aromatic carbocycles. The van der Waals surface area contributed by atoms with Crippen molar-refractivity contribution < 1.29 is 38.4 Å². The van der Waals surface area contributed by atoms with E-state index in [2.05, 4.69) is 0 Å². The standard InChI is InChI=1S/C29H37NO8/c1-16(2)38-11-9-10-30-24(19-14-21(34-5)28(37-8)22(15-19)35-6)23(26(32)29(30)33)25(31)20-13-17(3)12-18(4)27(20)36-7/h12-16,24,31H,9-11H2,1-8H3/b25-23+. The van der Waals surface area contributed by atoms with E-state index >= 15 is 0 Å². The minimum absolute atomic E-state index is 0.0355. The molecular formula is C29H37NO8. The normalized spacial score (nSPS) is 16.8. The highest BCUT2D eigenvalue weighted by atomic mass is 16.5. The summed E-state index contributed by atoms with van der Waals surface area (Å²) < 4.78 is 27.7. The minimum atomic E-state index is -0.909. The highest BCUT2D eigenvalue weighted by Gasteiger charge is 2.46. The van der Waals surface area contributed by atoms with Gasteiger partial charge in [-0.25, -0.2) is 0 Å². The summed E-state index contributed by atoms with van der Waals surface area (Å²) in [6, 6.07) is 6.10. The van der Waals surface area contributed by atoms with Crippen molar-refractivity contribution in [3.63, 3.8) is 0 Å². The van der Waals surface area contributed by atoms with Crippen LogP contribution in [0.5, 0.6) is 23.0 Å². The lowest BCUT2D eigenvalue weighted by molar-refractivity contribution is -0.140. The molecule has 3 rings (SSSR count). The molecular weight excluding hydrogens is 490 g/mol. The highest BCUT2D eigenvalue weighted by Crippen LogP contribution is 2.46. The average Bonchev–Trinajstić information content (AvgIpc) is 3.14. The zero-order valence-corrected chi connectivity index (χ0v) is 23.3. The van der Waals surface area contributed by atoms with Gasteiger partial charge in [0.25, 0.3) is 11.7 Å². The molecule has 1 saturated heterocycles. The summed E-state index contributed by atoms with van der Waals surface area (Å²) in [6.07, 6.45) is 0.535. The van der Waals surface area contributed by atoms with Gasteiger partial charge in [0, 0.05) is 13.2 Å². The van der Waals surface area contributed by atoms with Gasteiger partial charge in [-0.05, 0) is 69.0 Å². The average molecular weight is 528 g/mol. The first-order valence-corrected chi connectivity index (χ1v) is 12.4. The summed E-state index contributed by atoms with van der Waals surface area (Å²) in [5.41, 5.74) is 2.47. The van der Waals surface area contributed by atoms with Gasteiger partial charge in [0.15, 0.2) is 11.5 Å². The number of nitrogens with zero attached hydrogens (tertiary/aromatic N) is 1. The van der Waals surface area contributed by atoms with E-state index in [1.54, 1.807) is 18.2 Å². The molecule has 2 aromatic rings. The molecule has 1 aliphatic rings. The van der Waals surface area contributed by atoms with E-state index in [9.17, 15) is 14.7 Å². The van der Waals surface area contributed by atoms with E-state index in [0.717, 1.165) is 11.1 Å². The van der Waals surface area contributed by atoms with Crippen LogP contribution in [-0.4, -0.2) is 69.4 Å². The second-order valence-electron chi connectivity index (χ2n) is 9.39. The third kappa shape index (κ3) is 5.57. The summed E-state index contributed by atoms with van der Waals surface area (Å²) in [7, 11) is 5.97. The fraction of sp³-hybridized carbons (Fsp3) is 0.448. The van der Waals surface area contributed by atoms with Crippen molar-refractivity contribution in [2.45, 2.75) is 46.3 Å². The van der Waals surface area contributed by atoms with Crippen LogP contribution in [0.2, 0.25) is 0 Å². The third-order valence-electron chi connectivity index (χ3n) is 6.42. The Bertz CT molecular complexity index is 1210. The summed E-state index contributed by atoms with van der Waals surface area (Å²) >= 11 is 0. The smallest absolute Gasteiger partial charge is 0.295 e. The van der Waals surface area contributed by atoms with Crippen molar-refractivity contribution in [1.29, 1.82) is 0 Å². The van der Waals surface area contributed by atoms with Crippen molar-refractivity contribution in [1.82, 2.24) is 4.90 Å². The van der Waals surface area contributed by atoms with E-state index in [1.165, 1.54) is 33.3 Å². The molecule has 0 spiro atoms. The molecule has 0 saturated carbocycles. The second kappa shape index (κ2) is 12.2. The van der Waals surface area contributed by atoms with Gasteiger partial charge in [0.1, 0.15) is 11.5 Å². The van der Waals surface area contributed by atoms with Crippen LogP contribution in [0, 0.1) is 13.8 Å². The van der Waals surface area contributed by atoms with Crippen LogP contribution < -0.4 is 18.9 Å². The zero-order chi connectivity index (χ0) is 28.1. The SMILES string of the molecule is COc1cc(C2/C(=C(\O)c3cc(C)cc(C)c3OC)C(=O)C(=O)N2CCCOC(C)C)cc(OC)c1OC. The number of ether oxygens (including phenoxy) is 5. The van der Waals surface area contributed by atoms with Crippen LogP contribution in [0.15, 0.2) is 29.8 Å². The summed E-state index contributed by atoms with van der Waals surface area (Å²) in [5.74, 6) is -0.290. The largest absolute Gasteiger partial charge is 0.507 e. The maximum Gasteiger partial charge on any atom is 0.295 e. The molecule has 206 valence electrons. The fourth-order valence-electron chi connectivity index (χ4n) is 4.82. The van der Waals surface area contributed by atoms with Gasteiger partial charge in [0.2, 0.25) is 5.75 Å². The van der Waals surface area contributed by atoms with Crippen LogP contribution in [0.3, 0.4) is 0 Å². The van der Waals surface area contributed by atoms with Gasteiger partial charge in [-0.2, -0.15) is 0 Å². The molecule has 38 heavy (non-hydrogen) atoms. The molecule has 0 bridgehead atoms. The van der Waals surface area contributed by atoms with Crippen LogP contribution in [0.4, 0.5) is 0 Å². The maximum atomic E-state index is 13.5. The van der Waals surface area contributed by atoms with Crippen LogP contribution in [0.25, 0.3) is 5.76 Å². The molecule has 1 atom stereocenters. The number of ketones is 1. The van der Waals surface area contributed by atoms with Crippen molar-refractivity contribution >= 4 is 17.4 Å². The number of aliphatic hydroxyl groups is 1. The molecule has 1 fully saturated rings. The zero-order valence-electron chi connectivity index (χ0n) is 23.3. The topological polar surface area (TPSA) is 104 Å². The molecule has 1 unspecified atom stereocenters. The molecule has 1 aliphatic heterocycles. The van der Waals surface area contributed by atoms with E-state index in [1.807, 2.05) is 33.8 Å². The molecule has 9 heteroatoms. The minimum Gasteiger partial charge on any atom is -0.507 e. The number of amides is 1. The predicted molar refractivity (Wildman–Crippen MR) is 143 cm³/mol. The Morgan fingerprint density at radius 1 is 0.921 bits per heavy atom. The summed E-state index contributed by atoms with van der Waals surface area (Å²) in [6.45, 7) is 8.24. The number of aryl methyl sites for hydroxylation is 2. The Morgan fingerprint density at radius 3 is 2.05 bits per heavy atom. The second-order valence-corrected chi connectivity index (χ2v) is 9.39. The van der Waals surface area contributed by atoms with Gasteiger partial charge in [-0.1, -0.05) is 6.07 Å². The Kier molecular flexibility index (Phi) is 9.27. The summed E-state index contributed by atoms with van der Waals surface area (Å²) in [5, 5.41) is 11.6. The monoisotopic (exact) mass is 527 g/mol. The lowest BCUT2D eigenvalue weighted by Gasteiger charge is -2.27. The number of rotatable bonds is 11. The number of aliphatic hydroxyl groups excluding tert-OH is 1. The Labute approximate surface area is 223 Å². The number of Topliss-reactive ketones (excluding diaryl/α,β-unsaturated/α-hetero) is 1. The quantitative estimate of drug-likeness (QED) is 0.196. The predicted octanol–water partition coefficient (Wildman–Crippen LogP) is 4.57. The molecule has 0 aliphatic carbocycles. The number of likely N-dealkylation sites (tertiary alicyclic amines) is 1. The van der Waals surface area contributed by atoms with Gasteiger partial charge in [-0.3, -0.25) is 9.59 Å². The third-order valence-corrected chi connectivity index (χ3v) is 6.42. The highest BCUT2D eigenvalue weighted by molar-refractivity contribution is 6.46. The molecule has 1 amide bonds. The molecule has 9 nitrogen and oxygen atoms in total. The fourth-order valence-corrected chi connectivity index (χ4v) is 4.82. The van der Waals surface area contributed by atoms with E-state index in [4.69, 9.17) is 23.7 Å². The van der Waals surface area contributed by atoms with Crippen molar-refractivity contribution in [2.75, 3.05) is 41.6 Å². The van der Waals surface area contributed by atoms with Crippen molar-refractivity contribution in [2.24, 2.45) is 0 Å². The lowest BCUT2D eigenvalue weighted by atomic mass is 9.93. The molecule has 0 radical (unpaired) electrons. The number of carbonyl (C=O) groups excluding carboxylic acids is 2. The molecule has 0 aromatic heterocycles. The number of carbonyl (C=O) groups is 2. The summed E-state index contributed by atoms with van der Waals surface area (Å²) in [4.78, 5) is 28.3. The molecule has 1 N–H and O–H groups in total. The van der Waals surface area contributed by atoms with Gasteiger partial charge >= 0.3 is 0 Å². The maximum absolute atomic E-state index is 13.5. The van der Waals surface area contributed by atoms with E-state index < -0.39 is 17.7 Å². The van der Waals surface area contributed by atoms with Gasteiger partial charge in [0.05, 0.1) is 51.7 Å². The van der Waals surface area contributed by atoms with Crippen LogP contribution in [-0.2, 0) is 14.3 Å². The number of hydrogen-bond donors (Lipinski definition) is 1. The number of hydrogen-bond acceptors (Lipinski definition) is 8. The Morgan fingerprint density at radius 2 is 1.53 bits per heavy atom. The van der Waals surface area contributed by atoms with Crippen LogP contribution in [0.1, 0.15) is 48.6 Å². The first-order valence-electron chi connectivity index (χ1n) is 12.4. The lowest BCUT2D eigenvalue weighted by Crippen LogP contribution is -2.31. The van der Waals surface area contributed by atoms with Gasteiger partial charge < -0.3 is 33.7 Å². The first-order chi connectivity index (χ1) is 18.1. The van der Waals surface area contributed by atoms with Crippen LogP contribution >= 0.6 is 0 Å².